The first-order chi connectivity index (χ1) is 7.45. The topological polar surface area (TPSA) is 41.1 Å². The zero-order valence-electron chi connectivity index (χ0n) is 10.0. The lowest BCUT2D eigenvalue weighted by Crippen LogP contribution is -2.30. The van der Waals surface area contributed by atoms with Gasteiger partial charge in [-0.15, -0.1) is 0 Å². The number of halogens is 1. The Morgan fingerprint density at radius 1 is 1.38 bits per heavy atom. The van der Waals surface area contributed by atoms with Crippen molar-refractivity contribution in [3.05, 3.63) is 29.1 Å². The Hall–Kier alpha value is -1.58. The Kier molecular flexibility index (Phi) is 3.88. The lowest BCUT2D eigenvalue weighted by molar-refractivity contribution is 0.0943. The Bertz CT molecular complexity index is 402. The van der Waals surface area contributed by atoms with Crippen LogP contribution in [0, 0.1) is 12.7 Å². The molecule has 0 saturated carbocycles. The molecule has 0 saturated heterocycles. The monoisotopic (exact) mass is 224 g/mol. The van der Waals surface area contributed by atoms with E-state index in [9.17, 15) is 9.18 Å². The van der Waals surface area contributed by atoms with Gasteiger partial charge in [0.25, 0.3) is 5.91 Å². The third-order valence-corrected chi connectivity index (χ3v) is 2.21. The van der Waals surface area contributed by atoms with E-state index in [1.54, 1.807) is 14.0 Å². The molecule has 0 unspecified atom stereocenters. The maximum absolute atomic E-state index is 13.2. The van der Waals surface area contributed by atoms with Gasteiger partial charge in [-0.25, -0.2) is 4.39 Å². The molecule has 2 N–H and O–H groups in total. The smallest absolute Gasteiger partial charge is 0.253 e. The average Bonchev–Trinajstić information content (AvgIpc) is 2.15. The zero-order chi connectivity index (χ0) is 12.3. The summed E-state index contributed by atoms with van der Waals surface area (Å²) in [5.74, 6) is -0.660. The van der Waals surface area contributed by atoms with E-state index in [1.807, 2.05) is 13.8 Å². The van der Waals surface area contributed by atoms with Gasteiger partial charge in [-0.3, -0.25) is 4.79 Å². The van der Waals surface area contributed by atoms with E-state index in [2.05, 4.69) is 10.6 Å². The zero-order valence-corrected chi connectivity index (χ0v) is 10.0. The molecule has 3 nitrogen and oxygen atoms in total. The Morgan fingerprint density at radius 2 is 2.00 bits per heavy atom. The van der Waals surface area contributed by atoms with E-state index in [4.69, 9.17) is 0 Å². The van der Waals surface area contributed by atoms with Gasteiger partial charge in [0.05, 0.1) is 5.56 Å². The summed E-state index contributed by atoms with van der Waals surface area (Å²) >= 11 is 0. The Labute approximate surface area is 95.0 Å². The van der Waals surface area contributed by atoms with E-state index >= 15 is 0 Å². The van der Waals surface area contributed by atoms with Crippen LogP contribution in [0.2, 0.25) is 0 Å². The molecule has 88 valence electrons. The molecular formula is C12H17FN2O. The van der Waals surface area contributed by atoms with Gasteiger partial charge in [0.1, 0.15) is 5.82 Å². The molecule has 0 spiro atoms. The Morgan fingerprint density at radius 3 is 2.50 bits per heavy atom. The summed E-state index contributed by atoms with van der Waals surface area (Å²) in [4.78, 5) is 11.8. The van der Waals surface area contributed by atoms with Gasteiger partial charge in [-0.05, 0) is 38.5 Å². The van der Waals surface area contributed by atoms with Crippen molar-refractivity contribution in [2.45, 2.75) is 26.8 Å². The first-order valence-corrected chi connectivity index (χ1v) is 5.24. The summed E-state index contributed by atoms with van der Waals surface area (Å²) in [6.07, 6.45) is 0. The fourth-order valence-corrected chi connectivity index (χ4v) is 1.59. The summed E-state index contributed by atoms with van der Waals surface area (Å²) in [7, 11) is 1.71. The number of hydrogen-bond acceptors (Lipinski definition) is 2. The number of carbonyl (C=O) groups is 1. The molecule has 16 heavy (non-hydrogen) atoms. The van der Waals surface area contributed by atoms with Crippen LogP contribution in [0.5, 0.6) is 0 Å². The van der Waals surface area contributed by atoms with Crippen molar-refractivity contribution in [3.8, 4) is 0 Å². The number of nitrogens with one attached hydrogen (secondary N) is 2. The molecule has 0 heterocycles. The number of benzene rings is 1. The minimum Gasteiger partial charge on any atom is -0.387 e. The maximum atomic E-state index is 13.2. The molecule has 1 aromatic carbocycles. The average molecular weight is 224 g/mol. The summed E-state index contributed by atoms with van der Waals surface area (Å²) in [6.45, 7) is 5.49. The molecular weight excluding hydrogens is 207 g/mol. The highest BCUT2D eigenvalue weighted by molar-refractivity contribution is 6.00. The van der Waals surface area contributed by atoms with Gasteiger partial charge >= 0.3 is 0 Å². The molecule has 0 fully saturated rings. The van der Waals surface area contributed by atoms with Crippen molar-refractivity contribution < 1.29 is 9.18 Å². The molecule has 1 rings (SSSR count). The van der Waals surface area contributed by atoms with Gasteiger partial charge < -0.3 is 10.6 Å². The standard InChI is InChI=1S/C12H17FN2O/c1-7(2)15-12(16)10-6-9(13)5-8(3)11(10)14-4/h5-7,14H,1-4H3,(H,15,16). The highest BCUT2D eigenvalue weighted by Crippen LogP contribution is 2.21. The van der Waals surface area contributed by atoms with Crippen LogP contribution in [-0.4, -0.2) is 19.0 Å². The highest BCUT2D eigenvalue weighted by Gasteiger charge is 2.14. The van der Waals surface area contributed by atoms with Crippen molar-refractivity contribution in [3.63, 3.8) is 0 Å². The fourth-order valence-electron chi connectivity index (χ4n) is 1.59. The first kappa shape index (κ1) is 12.5. The van der Waals surface area contributed by atoms with Gasteiger partial charge in [-0.2, -0.15) is 0 Å². The molecule has 0 bridgehead atoms. The largest absolute Gasteiger partial charge is 0.387 e. The first-order valence-electron chi connectivity index (χ1n) is 5.24. The third-order valence-electron chi connectivity index (χ3n) is 2.21. The molecule has 0 atom stereocenters. The molecule has 1 aromatic rings. The molecule has 1 amide bonds. The van der Waals surface area contributed by atoms with Crippen LogP contribution in [0.15, 0.2) is 12.1 Å². The number of aryl methyl sites for hydroxylation is 1. The van der Waals surface area contributed by atoms with Crippen LogP contribution in [0.4, 0.5) is 10.1 Å². The maximum Gasteiger partial charge on any atom is 0.253 e. The van der Waals surface area contributed by atoms with E-state index in [0.717, 1.165) is 5.56 Å². The van der Waals surface area contributed by atoms with Crippen molar-refractivity contribution in [1.82, 2.24) is 5.32 Å². The molecule has 0 aromatic heterocycles. The lowest BCUT2D eigenvalue weighted by atomic mass is 10.1. The normalized spacial score (nSPS) is 10.4. The van der Waals surface area contributed by atoms with Crippen molar-refractivity contribution >= 4 is 11.6 Å². The van der Waals surface area contributed by atoms with Gasteiger partial charge in [-0.1, -0.05) is 0 Å². The van der Waals surface area contributed by atoms with E-state index in [1.165, 1.54) is 12.1 Å². The number of rotatable bonds is 3. The van der Waals surface area contributed by atoms with E-state index in [-0.39, 0.29) is 11.9 Å². The van der Waals surface area contributed by atoms with Gasteiger partial charge in [0, 0.05) is 18.8 Å². The minimum absolute atomic E-state index is 0.0285. The van der Waals surface area contributed by atoms with Gasteiger partial charge in [0.2, 0.25) is 0 Å². The second kappa shape index (κ2) is 4.96. The van der Waals surface area contributed by atoms with Crippen LogP contribution >= 0.6 is 0 Å². The summed E-state index contributed by atoms with van der Waals surface area (Å²) in [5, 5.41) is 5.66. The van der Waals surface area contributed by atoms with Crippen LogP contribution in [-0.2, 0) is 0 Å². The SMILES string of the molecule is CNc1c(C)cc(F)cc1C(=O)NC(C)C. The lowest BCUT2D eigenvalue weighted by Gasteiger charge is -2.14. The third kappa shape index (κ3) is 2.72. The highest BCUT2D eigenvalue weighted by atomic mass is 19.1. The molecule has 0 aliphatic carbocycles. The van der Waals surface area contributed by atoms with Crippen LogP contribution < -0.4 is 10.6 Å². The summed E-state index contributed by atoms with van der Waals surface area (Å²) in [6, 6.07) is 2.68. The molecule has 4 heteroatoms. The second-order valence-corrected chi connectivity index (χ2v) is 4.02. The van der Waals surface area contributed by atoms with Crippen molar-refractivity contribution in [2.24, 2.45) is 0 Å². The van der Waals surface area contributed by atoms with E-state index in [0.29, 0.717) is 11.3 Å². The number of carbonyl (C=O) groups excluding carboxylic acids is 1. The van der Waals surface area contributed by atoms with Crippen LogP contribution in [0.3, 0.4) is 0 Å². The predicted octanol–water partition coefficient (Wildman–Crippen LogP) is 2.31. The summed E-state index contributed by atoms with van der Waals surface area (Å²) < 4.78 is 13.2. The quantitative estimate of drug-likeness (QED) is 0.827. The predicted molar refractivity (Wildman–Crippen MR) is 63.3 cm³/mol. The fraction of sp³-hybridized carbons (Fsp3) is 0.417. The number of amides is 1. The summed E-state index contributed by atoms with van der Waals surface area (Å²) in [5.41, 5.74) is 1.73. The Balaban J connectivity index is 3.15. The van der Waals surface area contributed by atoms with Gasteiger partial charge in [0.15, 0.2) is 0 Å². The van der Waals surface area contributed by atoms with Crippen molar-refractivity contribution in [1.29, 1.82) is 0 Å². The second-order valence-electron chi connectivity index (χ2n) is 4.02. The van der Waals surface area contributed by atoms with E-state index < -0.39 is 5.82 Å². The number of anilines is 1. The molecule has 0 aliphatic rings. The molecule has 0 radical (unpaired) electrons. The molecule has 0 aliphatic heterocycles. The van der Waals surface area contributed by atoms with Crippen molar-refractivity contribution in [2.75, 3.05) is 12.4 Å². The number of hydrogen-bond donors (Lipinski definition) is 2. The van der Waals surface area contributed by atoms with Crippen LogP contribution in [0.1, 0.15) is 29.8 Å². The van der Waals surface area contributed by atoms with Crippen LogP contribution in [0.25, 0.3) is 0 Å². The minimum atomic E-state index is -0.398.